The summed E-state index contributed by atoms with van der Waals surface area (Å²) in [6.45, 7) is 4.09. The second kappa shape index (κ2) is 7.56. The lowest BCUT2D eigenvalue weighted by Crippen LogP contribution is -2.29. The number of carbonyl (C=O) groups excluding carboxylic acids is 2. The Morgan fingerprint density at radius 1 is 1.41 bits per heavy atom. The van der Waals surface area contributed by atoms with Crippen molar-refractivity contribution in [3.05, 3.63) is 43.8 Å². The molecule has 118 valence electrons. The first-order valence-electron chi connectivity index (χ1n) is 7.05. The number of hydrogen-bond acceptors (Lipinski definition) is 5. The second-order valence-corrected chi connectivity index (χ2v) is 7.01. The fraction of sp³-hybridized carbons (Fsp3) is 0.375. The van der Waals surface area contributed by atoms with Crippen LogP contribution in [0.3, 0.4) is 0 Å². The molecule has 2 aromatic heterocycles. The fourth-order valence-corrected chi connectivity index (χ4v) is 3.97. The molecule has 0 radical (unpaired) electrons. The Kier molecular flexibility index (Phi) is 5.74. The molecule has 0 aromatic carbocycles. The Hall–Kier alpha value is -1.66. The van der Waals surface area contributed by atoms with Gasteiger partial charge in [-0.1, -0.05) is 13.0 Å². The Balaban J connectivity index is 2.15. The van der Waals surface area contributed by atoms with Crippen LogP contribution in [0.4, 0.5) is 0 Å². The van der Waals surface area contributed by atoms with Gasteiger partial charge in [0, 0.05) is 9.75 Å². The number of methoxy groups -OCH3 is 1. The standard InChI is InChI=1S/C16H19NO3S2/c1-4-12-10(2)8-14(22-12)16(19)17-11(9-15(18)20-3)13-6-5-7-21-13/h5-8,11H,4,9H2,1-3H3,(H,17,19). The highest BCUT2D eigenvalue weighted by atomic mass is 32.1. The van der Waals surface area contributed by atoms with E-state index < -0.39 is 0 Å². The molecule has 0 spiro atoms. The number of ether oxygens (including phenoxy) is 1. The van der Waals surface area contributed by atoms with Crippen LogP contribution in [-0.2, 0) is 16.0 Å². The zero-order valence-corrected chi connectivity index (χ0v) is 14.5. The molecule has 22 heavy (non-hydrogen) atoms. The SMILES string of the molecule is CCc1sc(C(=O)NC(CC(=O)OC)c2cccs2)cc1C. The van der Waals surface area contributed by atoms with Crippen molar-refractivity contribution in [1.29, 1.82) is 0 Å². The molecule has 2 heterocycles. The van der Waals surface area contributed by atoms with Crippen LogP contribution < -0.4 is 5.32 Å². The lowest BCUT2D eigenvalue weighted by atomic mass is 10.1. The summed E-state index contributed by atoms with van der Waals surface area (Å²) >= 11 is 3.02. The van der Waals surface area contributed by atoms with Crippen molar-refractivity contribution in [3.63, 3.8) is 0 Å². The van der Waals surface area contributed by atoms with Crippen molar-refractivity contribution in [3.8, 4) is 0 Å². The number of carbonyl (C=O) groups is 2. The van der Waals surface area contributed by atoms with Crippen LogP contribution in [0.15, 0.2) is 23.6 Å². The van der Waals surface area contributed by atoms with Crippen molar-refractivity contribution in [2.75, 3.05) is 7.11 Å². The molecule has 1 unspecified atom stereocenters. The van der Waals surface area contributed by atoms with Gasteiger partial charge in [0.2, 0.25) is 0 Å². The summed E-state index contributed by atoms with van der Waals surface area (Å²) < 4.78 is 4.72. The molecular weight excluding hydrogens is 318 g/mol. The highest BCUT2D eigenvalue weighted by Gasteiger charge is 2.21. The average molecular weight is 337 g/mol. The van der Waals surface area contributed by atoms with Gasteiger partial charge >= 0.3 is 5.97 Å². The van der Waals surface area contributed by atoms with E-state index in [0.717, 1.165) is 16.9 Å². The van der Waals surface area contributed by atoms with Gasteiger partial charge in [-0.2, -0.15) is 0 Å². The molecule has 0 aliphatic heterocycles. The topological polar surface area (TPSA) is 55.4 Å². The molecule has 2 aromatic rings. The van der Waals surface area contributed by atoms with Crippen LogP contribution >= 0.6 is 22.7 Å². The van der Waals surface area contributed by atoms with Gasteiger partial charge in [0.1, 0.15) is 0 Å². The molecule has 0 saturated heterocycles. The summed E-state index contributed by atoms with van der Waals surface area (Å²) in [5, 5.41) is 4.87. The highest BCUT2D eigenvalue weighted by molar-refractivity contribution is 7.14. The summed E-state index contributed by atoms with van der Waals surface area (Å²) in [5.74, 6) is -0.481. The van der Waals surface area contributed by atoms with E-state index in [4.69, 9.17) is 4.74 Å². The van der Waals surface area contributed by atoms with Crippen LogP contribution in [0, 0.1) is 6.92 Å². The van der Waals surface area contributed by atoms with E-state index >= 15 is 0 Å². The molecule has 1 amide bonds. The zero-order chi connectivity index (χ0) is 16.1. The van der Waals surface area contributed by atoms with Crippen molar-refractivity contribution in [1.82, 2.24) is 5.32 Å². The maximum atomic E-state index is 12.5. The number of rotatable bonds is 6. The predicted octanol–water partition coefficient (Wildman–Crippen LogP) is 3.71. The van der Waals surface area contributed by atoms with E-state index in [1.807, 2.05) is 30.5 Å². The first-order chi connectivity index (χ1) is 10.5. The van der Waals surface area contributed by atoms with E-state index in [1.54, 1.807) is 0 Å². The second-order valence-electron chi connectivity index (χ2n) is 4.89. The average Bonchev–Trinajstić information content (AvgIpc) is 3.15. The number of hydrogen-bond donors (Lipinski definition) is 1. The molecule has 0 aliphatic carbocycles. The molecule has 0 fully saturated rings. The lowest BCUT2D eigenvalue weighted by molar-refractivity contribution is -0.141. The minimum Gasteiger partial charge on any atom is -0.469 e. The lowest BCUT2D eigenvalue weighted by Gasteiger charge is -2.15. The van der Waals surface area contributed by atoms with Crippen LogP contribution in [0.1, 0.15) is 44.4 Å². The largest absolute Gasteiger partial charge is 0.469 e. The maximum Gasteiger partial charge on any atom is 0.307 e. The van der Waals surface area contributed by atoms with Crippen molar-refractivity contribution in [2.24, 2.45) is 0 Å². The minimum atomic E-state index is -0.354. The Morgan fingerprint density at radius 3 is 2.73 bits per heavy atom. The molecule has 2 rings (SSSR count). The summed E-state index contributed by atoms with van der Waals surface area (Å²) in [6.07, 6.45) is 1.05. The maximum absolute atomic E-state index is 12.5. The van der Waals surface area contributed by atoms with Gasteiger partial charge in [0.25, 0.3) is 5.91 Å². The third-order valence-electron chi connectivity index (χ3n) is 3.36. The monoisotopic (exact) mass is 337 g/mol. The van der Waals surface area contributed by atoms with Crippen LogP contribution in [0.2, 0.25) is 0 Å². The summed E-state index contributed by atoms with van der Waals surface area (Å²) in [4.78, 5) is 26.9. The summed E-state index contributed by atoms with van der Waals surface area (Å²) in [7, 11) is 1.35. The van der Waals surface area contributed by atoms with Gasteiger partial charge in [-0.25, -0.2) is 0 Å². The highest BCUT2D eigenvalue weighted by Crippen LogP contribution is 2.26. The number of thiophene rings is 2. The van der Waals surface area contributed by atoms with Crippen molar-refractivity contribution >= 4 is 34.6 Å². The summed E-state index contributed by atoms with van der Waals surface area (Å²) in [6, 6.07) is 5.37. The Labute approximate surface area is 138 Å². The molecular formula is C16H19NO3S2. The third kappa shape index (κ3) is 3.96. The zero-order valence-electron chi connectivity index (χ0n) is 12.8. The number of aryl methyl sites for hydroxylation is 2. The van der Waals surface area contributed by atoms with E-state index in [9.17, 15) is 9.59 Å². The number of amides is 1. The fourth-order valence-electron chi connectivity index (χ4n) is 2.17. The Bertz CT molecular complexity index is 646. The van der Waals surface area contributed by atoms with Gasteiger partial charge in [-0.05, 0) is 36.4 Å². The normalized spacial score (nSPS) is 12.0. The molecule has 4 nitrogen and oxygen atoms in total. The molecule has 1 N–H and O–H groups in total. The van der Waals surface area contributed by atoms with E-state index in [-0.39, 0.29) is 24.3 Å². The van der Waals surface area contributed by atoms with Gasteiger partial charge in [-0.15, -0.1) is 22.7 Å². The van der Waals surface area contributed by atoms with Gasteiger partial charge in [-0.3, -0.25) is 9.59 Å². The molecule has 0 bridgehead atoms. The number of nitrogens with one attached hydrogen (secondary N) is 1. The van der Waals surface area contributed by atoms with Crippen molar-refractivity contribution in [2.45, 2.75) is 32.7 Å². The van der Waals surface area contributed by atoms with Crippen LogP contribution in [0.5, 0.6) is 0 Å². The quantitative estimate of drug-likeness (QED) is 0.818. The molecule has 1 atom stereocenters. The van der Waals surface area contributed by atoms with Crippen LogP contribution in [-0.4, -0.2) is 19.0 Å². The Morgan fingerprint density at radius 2 is 2.18 bits per heavy atom. The number of esters is 1. The smallest absolute Gasteiger partial charge is 0.307 e. The third-order valence-corrected chi connectivity index (χ3v) is 5.72. The molecule has 6 heteroatoms. The van der Waals surface area contributed by atoms with E-state index in [1.165, 1.54) is 34.7 Å². The first-order valence-corrected chi connectivity index (χ1v) is 8.75. The first kappa shape index (κ1) is 16.7. The van der Waals surface area contributed by atoms with E-state index in [0.29, 0.717) is 4.88 Å². The van der Waals surface area contributed by atoms with E-state index in [2.05, 4.69) is 12.2 Å². The van der Waals surface area contributed by atoms with Crippen LogP contribution in [0.25, 0.3) is 0 Å². The van der Waals surface area contributed by atoms with Gasteiger partial charge < -0.3 is 10.1 Å². The molecule has 0 aliphatic rings. The molecule has 0 saturated carbocycles. The van der Waals surface area contributed by atoms with Gasteiger partial charge in [0.05, 0.1) is 24.4 Å². The van der Waals surface area contributed by atoms with Crippen molar-refractivity contribution < 1.29 is 14.3 Å². The predicted molar refractivity (Wildman–Crippen MR) is 89.6 cm³/mol. The van der Waals surface area contributed by atoms with Gasteiger partial charge in [0.15, 0.2) is 0 Å². The summed E-state index contributed by atoms with van der Waals surface area (Å²) in [5.41, 5.74) is 1.14. The minimum absolute atomic E-state index is 0.133.